The van der Waals surface area contributed by atoms with Gasteiger partial charge in [0.05, 0.1) is 31.1 Å². The molecule has 1 aromatic carbocycles. The van der Waals surface area contributed by atoms with Gasteiger partial charge in [0.1, 0.15) is 5.75 Å². The summed E-state index contributed by atoms with van der Waals surface area (Å²) in [4.78, 5) is 4.28. The van der Waals surface area contributed by atoms with Gasteiger partial charge in [0.25, 0.3) is 0 Å². The number of benzene rings is 1. The summed E-state index contributed by atoms with van der Waals surface area (Å²) in [5.41, 5.74) is 1.93. The maximum atomic E-state index is 5.79. The fourth-order valence-electron chi connectivity index (χ4n) is 2.89. The zero-order chi connectivity index (χ0) is 20.4. The van der Waals surface area contributed by atoms with Crippen LogP contribution in [0.2, 0.25) is 0 Å². The molecular weight excluding hydrogens is 354 g/mol. The quantitative estimate of drug-likeness (QED) is 0.484. The number of hydrogen-bond donors (Lipinski definition) is 2. The van der Waals surface area contributed by atoms with Gasteiger partial charge in [-0.2, -0.15) is 5.10 Å². The fraction of sp³-hybridized carbons (Fsp3) is 0.524. The molecule has 0 amide bonds. The van der Waals surface area contributed by atoms with Crippen LogP contribution in [0.5, 0.6) is 5.75 Å². The normalized spacial score (nSPS) is 12.9. The lowest BCUT2D eigenvalue weighted by Crippen LogP contribution is -2.39. The summed E-state index contributed by atoms with van der Waals surface area (Å²) in [5, 5.41) is 11.3. The summed E-state index contributed by atoms with van der Waals surface area (Å²) < 4.78 is 12.8. The molecule has 1 atom stereocenters. The standard InChI is InChI=1S/C21H33N5O2/c1-6-28-20(16(2)3)11-13-23-21(22-4)24-15-17-12-14-26(25-17)18-7-9-19(27-5)10-8-18/h7-10,12,14,16,20H,6,11,13,15H2,1-5H3,(H2,22,23,24). The van der Waals surface area contributed by atoms with Crippen molar-refractivity contribution in [1.29, 1.82) is 0 Å². The van der Waals surface area contributed by atoms with Crippen LogP contribution in [0, 0.1) is 5.92 Å². The Morgan fingerprint density at radius 3 is 2.54 bits per heavy atom. The summed E-state index contributed by atoms with van der Waals surface area (Å²) in [6, 6.07) is 9.80. The van der Waals surface area contributed by atoms with E-state index in [9.17, 15) is 0 Å². The Labute approximate surface area is 168 Å². The van der Waals surface area contributed by atoms with Gasteiger partial charge in [-0.3, -0.25) is 4.99 Å². The molecule has 1 unspecified atom stereocenters. The van der Waals surface area contributed by atoms with Crippen LogP contribution in [-0.2, 0) is 11.3 Å². The minimum atomic E-state index is 0.260. The van der Waals surface area contributed by atoms with Gasteiger partial charge in [-0.15, -0.1) is 0 Å². The summed E-state index contributed by atoms with van der Waals surface area (Å²) in [6.45, 7) is 8.56. The number of guanidine groups is 1. The second kappa shape index (κ2) is 11.3. The highest BCUT2D eigenvalue weighted by molar-refractivity contribution is 5.79. The Balaban J connectivity index is 1.82. The molecule has 0 saturated heterocycles. The molecule has 28 heavy (non-hydrogen) atoms. The molecule has 7 nitrogen and oxygen atoms in total. The van der Waals surface area contributed by atoms with Gasteiger partial charge in [0.2, 0.25) is 0 Å². The highest BCUT2D eigenvalue weighted by atomic mass is 16.5. The van der Waals surface area contributed by atoms with E-state index in [1.54, 1.807) is 14.2 Å². The van der Waals surface area contributed by atoms with Crippen LogP contribution in [0.4, 0.5) is 0 Å². The molecule has 0 radical (unpaired) electrons. The number of hydrogen-bond acceptors (Lipinski definition) is 4. The van der Waals surface area contributed by atoms with E-state index in [-0.39, 0.29) is 6.10 Å². The Morgan fingerprint density at radius 2 is 1.93 bits per heavy atom. The van der Waals surface area contributed by atoms with Crippen LogP contribution >= 0.6 is 0 Å². The van der Waals surface area contributed by atoms with Crippen molar-refractivity contribution in [2.45, 2.75) is 39.8 Å². The monoisotopic (exact) mass is 387 g/mol. The zero-order valence-electron chi connectivity index (χ0n) is 17.6. The number of aromatic nitrogens is 2. The average molecular weight is 388 g/mol. The lowest BCUT2D eigenvalue weighted by molar-refractivity contribution is 0.0258. The van der Waals surface area contributed by atoms with Crippen molar-refractivity contribution in [1.82, 2.24) is 20.4 Å². The van der Waals surface area contributed by atoms with Gasteiger partial charge in [-0.05, 0) is 49.6 Å². The first-order valence-corrected chi connectivity index (χ1v) is 9.82. The van der Waals surface area contributed by atoms with Gasteiger partial charge < -0.3 is 20.1 Å². The van der Waals surface area contributed by atoms with E-state index in [0.717, 1.165) is 42.7 Å². The van der Waals surface area contributed by atoms with Crippen molar-refractivity contribution in [2.24, 2.45) is 10.9 Å². The highest BCUT2D eigenvalue weighted by Crippen LogP contribution is 2.14. The van der Waals surface area contributed by atoms with Crippen LogP contribution in [-0.4, -0.2) is 49.2 Å². The third-order valence-corrected chi connectivity index (χ3v) is 4.49. The molecule has 1 heterocycles. The molecule has 2 N–H and O–H groups in total. The third-order valence-electron chi connectivity index (χ3n) is 4.49. The predicted octanol–water partition coefficient (Wildman–Crippen LogP) is 3.00. The second-order valence-corrected chi connectivity index (χ2v) is 6.83. The second-order valence-electron chi connectivity index (χ2n) is 6.83. The molecule has 2 rings (SSSR count). The molecule has 7 heteroatoms. The molecule has 0 aliphatic carbocycles. The number of aliphatic imine (C=N–C) groups is 1. The molecule has 0 spiro atoms. The van der Waals surface area contributed by atoms with Crippen LogP contribution in [0.1, 0.15) is 32.9 Å². The number of methoxy groups -OCH3 is 1. The molecule has 0 bridgehead atoms. The SMILES string of the molecule is CCOC(CCNC(=NC)NCc1ccn(-c2ccc(OC)cc2)n1)C(C)C. The van der Waals surface area contributed by atoms with Crippen molar-refractivity contribution in [3.63, 3.8) is 0 Å². The van der Waals surface area contributed by atoms with E-state index in [1.807, 2.05) is 48.1 Å². The van der Waals surface area contributed by atoms with E-state index in [2.05, 4.69) is 34.6 Å². The van der Waals surface area contributed by atoms with Crippen LogP contribution in [0.25, 0.3) is 5.69 Å². The molecule has 154 valence electrons. The molecule has 0 aliphatic rings. The van der Waals surface area contributed by atoms with Gasteiger partial charge in [-0.1, -0.05) is 13.8 Å². The van der Waals surface area contributed by atoms with Gasteiger partial charge >= 0.3 is 0 Å². The zero-order valence-corrected chi connectivity index (χ0v) is 17.6. The third kappa shape index (κ3) is 6.56. The highest BCUT2D eigenvalue weighted by Gasteiger charge is 2.13. The minimum absolute atomic E-state index is 0.260. The maximum absolute atomic E-state index is 5.79. The van der Waals surface area contributed by atoms with Crippen molar-refractivity contribution in [3.8, 4) is 11.4 Å². The number of ether oxygens (including phenoxy) is 2. The Hall–Kier alpha value is -2.54. The number of nitrogens with one attached hydrogen (secondary N) is 2. The molecule has 0 aliphatic heterocycles. The molecule has 0 fully saturated rings. The van der Waals surface area contributed by atoms with Crippen LogP contribution in [0.3, 0.4) is 0 Å². The number of nitrogens with zero attached hydrogens (tertiary/aromatic N) is 3. The van der Waals surface area contributed by atoms with E-state index in [1.165, 1.54) is 0 Å². The van der Waals surface area contributed by atoms with Crippen molar-refractivity contribution in [3.05, 3.63) is 42.2 Å². The Morgan fingerprint density at radius 1 is 1.18 bits per heavy atom. The maximum Gasteiger partial charge on any atom is 0.191 e. The first kappa shape index (κ1) is 21.8. The summed E-state index contributed by atoms with van der Waals surface area (Å²) in [5.74, 6) is 2.09. The van der Waals surface area contributed by atoms with E-state index >= 15 is 0 Å². The molecule has 1 aromatic heterocycles. The average Bonchev–Trinajstić information content (AvgIpc) is 3.18. The summed E-state index contributed by atoms with van der Waals surface area (Å²) >= 11 is 0. The van der Waals surface area contributed by atoms with E-state index in [0.29, 0.717) is 12.5 Å². The summed E-state index contributed by atoms with van der Waals surface area (Å²) in [6.07, 6.45) is 3.15. The Kier molecular flexibility index (Phi) is 8.81. The Bertz CT molecular complexity index is 725. The van der Waals surface area contributed by atoms with Crippen molar-refractivity contribution >= 4 is 5.96 Å². The van der Waals surface area contributed by atoms with E-state index < -0.39 is 0 Å². The van der Waals surface area contributed by atoms with Gasteiger partial charge in [0, 0.05) is 26.4 Å². The first-order valence-electron chi connectivity index (χ1n) is 9.82. The predicted molar refractivity (Wildman–Crippen MR) is 113 cm³/mol. The van der Waals surface area contributed by atoms with Crippen LogP contribution < -0.4 is 15.4 Å². The molecule has 2 aromatic rings. The van der Waals surface area contributed by atoms with Crippen LogP contribution in [0.15, 0.2) is 41.5 Å². The molecule has 0 saturated carbocycles. The van der Waals surface area contributed by atoms with Crippen molar-refractivity contribution in [2.75, 3.05) is 27.3 Å². The number of rotatable bonds is 10. The first-order chi connectivity index (χ1) is 13.6. The van der Waals surface area contributed by atoms with E-state index in [4.69, 9.17) is 9.47 Å². The molecular formula is C21H33N5O2. The fourth-order valence-corrected chi connectivity index (χ4v) is 2.89. The minimum Gasteiger partial charge on any atom is -0.497 e. The van der Waals surface area contributed by atoms with Gasteiger partial charge in [0.15, 0.2) is 5.96 Å². The topological polar surface area (TPSA) is 72.7 Å². The lowest BCUT2D eigenvalue weighted by atomic mass is 10.0. The van der Waals surface area contributed by atoms with Crippen molar-refractivity contribution < 1.29 is 9.47 Å². The lowest BCUT2D eigenvalue weighted by Gasteiger charge is -2.21. The largest absolute Gasteiger partial charge is 0.497 e. The smallest absolute Gasteiger partial charge is 0.191 e. The van der Waals surface area contributed by atoms with Gasteiger partial charge in [-0.25, -0.2) is 4.68 Å². The summed E-state index contributed by atoms with van der Waals surface area (Å²) in [7, 11) is 3.43.